The van der Waals surface area contributed by atoms with Gasteiger partial charge in [0.25, 0.3) is 0 Å². The molecule has 0 bridgehead atoms. The third-order valence-electron chi connectivity index (χ3n) is 3.12. The first-order chi connectivity index (χ1) is 12.0. The maximum absolute atomic E-state index is 11.5. The van der Waals surface area contributed by atoms with E-state index in [1.807, 2.05) is 45.0 Å². The van der Waals surface area contributed by atoms with Crippen molar-refractivity contribution in [1.29, 1.82) is 0 Å². The van der Waals surface area contributed by atoms with Crippen LogP contribution in [0.25, 0.3) is 11.4 Å². The summed E-state index contributed by atoms with van der Waals surface area (Å²) in [6.45, 7) is 6.60. The van der Waals surface area contributed by atoms with Gasteiger partial charge in [-0.3, -0.25) is 0 Å². The lowest BCUT2D eigenvalue weighted by Gasteiger charge is -2.19. The summed E-state index contributed by atoms with van der Waals surface area (Å²) in [5.74, 6) is 1.31. The summed E-state index contributed by atoms with van der Waals surface area (Å²) in [4.78, 5) is 23.7. The van der Waals surface area contributed by atoms with Crippen LogP contribution in [0.4, 0.5) is 4.79 Å². The van der Waals surface area contributed by atoms with Crippen molar-refractivity contribution in [3.63, 3.8) is 0 Å². The fourth-order valence-corrected chi connectivity index (χ4v) is 2.07. The molecule has 1 aromatic carbocycles. The first kappa shape index (κ1) is 18.6. The Kier molecular flexibility index (Phi) is 6.68. The molecule has 1 heterocycles. The summed E-state index contributed by atoms with van der Waals surface area (Å²) < 4.78 is 11.0. The van der Waals surface area contributed by atoms with E-state index in [1.54, 1.807) is 0 Å². The molecule has 7 nitrogen and oxygen atoms in total. The average molecular weight is 344 g/mol. The normalized spacial score (nSPS) is 11.0. The summed E-state index contributed by atoms with van der Waals surface area (Å²) in [5.41, 5.74) is 0.350. The topological polar surface area (TPSA) is 86.2 Å². The number of alkyl carbamates (subject to hydrolysis) is 1. The lowest BCUT2D eigenvalue weighted by Crippen LogP contribution is -2.33. The minimum Gasteiger partial charge on any atom is -0.493 e. The van der Waals surface area contributed by atoms with Gasteiger partial charge in [0.1, 0.15) is 24.0 Å². The second kappa shape index (κ2) is 8.96. The van der Waals surface area contributed by atoms with Crippen molar-refractivity contribution in [2.75, 3.05) is 13.2 Å². The third-order valence-corrected chi connectivity index (χ3v) is 3.12. The first-order valence-corrected chi connectivity index (χ1v) is 8.27. The van der Waals surface area contributed by atoms with E-state index >= 15 is 0 Å². The van der Waals surface area contributed by atoms with Gasteiger partial charge in [0, 0.05) is 6.54 Å². The summed E-state index contributed by atoms with van der Waals surface area (Å²) in [6.07, 6.45) is 4.13. The number of amides is 1. The number of aromatic nitrogens is 3. The van der Waals surface area contributed by atoms with Gasteiger partial charge in [-0.25, -0.2) is 19.7 Å². The maximum Gasteiger partial charge on any atom is 0.407 e. The fraction of sp³-hybridized carbons (Fsp3) is 0.444. The van der Waals surface area contributed by atoms with E-state index in [1.165, 1.54) is 12.7 Å². The highest BCUT2D eigenvalue weighted by atomic mass is 16.6. The molecule has 7 heteroatoms. The van der Waals surface area contributed by atoms with Gasteiger partial charge >= 0.3 is 6.09 Å². The number of rotatable bonds is 7. The molecule has 1 N–H and O–H groups in total. The van der Waals surface area contributed by atoms with E-state index in [-0.39, 0.29) is 0 Å². The molecule has 0 aliphatic heterocycles. The minimum atomic E-state index is -0.480. The zero-order chi connectivity index (χ0) is 18.1. The number of para-hydroxylation sites is 1. The number of ether oxygens (including phenoxy) is 2. The van der Waals surface area contributed by atoms with Crippen LogP contribution in [0.1, 0.15) is 33.6 Å². The highest BCUT2D eigenvalue weighted by Gasteiger charge is 2.15. The van der Waals surface area contributed by atoms with Crippen molar-refractivity contribution in [3.05, 3.63) is 36.9 Å². The van der Waals surface area contributed by atoms with Gasteiger partial charge in [0.05, 0.1) is 12.2 Å². The Hall–Kier alpha value is -2.70. The molecule has 0 radical (unpaired) electrons. The molecule has 2 aromatic rings. The number of nitrogens with one attached hydrogen (secondary N) is 1. The minimum absolute atomic E-state index is 0.395. The van der Waals surface area contributed by atoms with Gasteiger partial charge in [0.15, 0.2) is 5.82 Å². The molecule has 1 aromatic heterocycles. The van der Waals surface area contributed by atoms with Gasteiger partial charge in [0.2, 0.25) is 0 Å². The second-order valence-electron chi connectivity index (χ2n) is 6.44. The van der Waals surface area contributed by atoms with E-state index in [9.17, 15) is 4.79 Å². The number of hydrogen-bond acceptors (Lipinski definition) is 6. The fourth-order valence-electron chi connectivity index (χ4n) is 2.07. The van der Waals surface area contributed by atoms with Gasteiger partial charge < -0.3 is 14.8 Å². The standard InChI is InChI=1S/C18H24N4O3/c1-18(2,3)25-17(23)20-10-6-7-11-24-15-9-5-4-8-14(15)16-21-12-19-13-22-16/h4-5,8-9,12-13H,6-7,10-11H2,1-3H3,(H,20,23). The van der Waals surface area contributed by atoms with Crippen molar-refractivity contribution >= 4 is 6.09 Å². The Morgan fingerprint density at radius 2 is 1.84 bits per heavy atom. The van der Waals surface area contributed by atoms with Crippen molar-refractivity contribution in [2.45, 2.75) is 39.2 Å². The molecule has 0 aliphatic rings. The predicted octanol–water partition coefficient (Wildman–Crippen LogP) is 3.22. The van der Waals surface area contributed by atoms with Crippen LogP contribution in [-0.4, -0.2) is 39.8 Å². The SMILES string of the molecule is CC(C)(C)OC(=O)NCCCCOc1ccccc1-c1ncncn1. The Labute approximate surface area is 147 Å². The number of carbonyl (C=O) groups excluding carboxylic acids is 1. The summed E-state index contributed by atoms with van der Waals surface area (Å²) in [6, 6.07) is 7.62. The number of hydrogen-bond donors (Lipinski definition) is 1. The lowest BCUT2D eigenvalue weighted by molar-refractivity contribution is 0.0526. The second-order valence-corrected chi connectivity index (χ2v) is 6.44. The van der Waals surface area contributed by atoms with E-state index in [2.05, 4.69) is 20.3 Å². The van der Waals surface area contributed by atoms with Crippen LogP contribution in [0.15, 0.2) is 36.9 Å². The molecule has 0 aliphatic carbocycles. The smallest absolute Gasteiger partial charge is 0.407 e. The molecule has 0 atom stereocenters. The number of unbranched alkanes of at least 4 members (excludes halogenated alkanes) is 1. The zero-order valence-corrected chi connectivity index (χ0v) is 14.9. The molecule has 0 unspecified atom stereocenters. The Balaban J connectivity index is 1.73. The van der Waals surface area contributed by atoms with E-state index < -0.39 is 11.7 Å². The zero-order valence-electron chi connectivity index (χ0n) is 14.9. The summed E-state index contributed by atoms with van der Waals surface area (Å²) in [7, 11) is 0. The molecule has 0 spiro atoms. The van der Waals surface area contributed by atoms with Gasteiger partial charge in [-0.05, 0) is 45.7 Å². The lowest BCUT2D eigenvalue weighted by atomic mass is 10.2. The van der Waals surface area contributed by atoms with E-state index in [0.29, 0.717) is 19.0 Å². The molecule has 25 heavy (non-hydrogen) atoms. The van der Waals surface area contributed by atoms with Crippen LogP contribution in [0.3, 0.4) is 0 Å². The van der Waals surface area contributed by atoms with E-state index in [4.69, 9.17) is 9.47 Å². The molecular formula is C18H24N4O3. The quantitative estimate of drug-likeness (QED) is 0.776. The van der Waals surface area contributed by atoms with Crippen LogP contribution in [0, 0.1) is 0 Å². The van der Waals surface area contributed by atoms with Crippen LogP contribution in [-0.2, 0) is 4.74 Å². The average Bonchev–Trinajstić information content (AvgIpc) is 2.57. The van der Waals surface area contributed by atoms with Crippen molar-refractivity contribution in [3.8, 4) is 17.1 Å². The number of nitrogens with zero attached hydrogens (tertiary/aromatic N) is 3. The predicted molar refractivity (Wildman–Crippen MR) is 94.2 cm³/mol. The highest BCUT2D eigenvalue weighted by Crippen LogP contribution is 2.26. The van der Waals surface area contributed by atoms with Crippen molar-refractivity contribution in [2.24, 2.45) is 0 Å². The molecule has 1 amide bonds. The maximum atomic E-state index is 11.5. The monoisotopic (exact) mass is 344 g/mol. The molecule has 0 saturated heterocycles. The molecular weight excluding hydrogens is 320 g/mol. The van der Waals surface area contributed by atoms with Gasteiger partial charge in [-0.1, -0.05) is 12.1 Å². The third kappa shape index (κ3) is 6.74. The number of carbonyl (C=O) groups is 1. The van der Waals surface area contributed by atoms with E-state index in [0.717, 1.165) is 24.2 Å². The molecule has 0 saturated carbocycles. The van der Waals surface area contributed by atoms with Crippen molar-refractivity contribution < 1.29 is 14.3 Å². The first-order valence-electron chi connectivity index (χ1n) is 8.27. The Bertz CT molecular complexity index is 672. The highest BCUT2D eigenvalue weighted by molar-refractivity contribution is 5.67. The van der Waals surface area contributed by atoms with Crippen LogP contribution in [0.5, 0.6) is 5.75 Å². The number of benzene rings is 1. The molecule has 134 valence electrons. The van der Waals surface area contributed by atoms with Gasteiger partial charge in [-0.15, -0.1) is 0 Å². The van der Waals surface area contributed by atoms with Crippen LogP contribution in [0.2, 0.25) is 0 Å². The van der Waals surface area contributed by atoms with Gasteiger partial charge in [-0.2, -0.15) is 0 Å². The van der Waals surface area contributed by atoms with Crippen LogP contribution >= 0.6 is 0 Å². The van der Waals surface area contributed by atoms with Crippen molar-refractivity contribution in [1.82, 2.24) is 20.3 Å². The summed E-state index contributed by atoms with van der Waals surface area (Å²) in [5, 5.41) is 2.73. The van der Waals surface area contributed by atoms with Crippen LogP contribution < -0.4 is 10.1 Å². The molecule has 0 fully saturated rings. The Morgan fingerprint density at radius 1 is 1.12 bits per heavy atom. The molecule has 2 rings (SSSR count). The summed E-state index contributed by atoms with van der Waals surface area (Å²) >= 11 is 0. The Morgan fingerprint density at radius 3 is 2.56 bits per heavy atom. The largest absolute Gasteiger partial charge is 0.493 e.